The molecular weight excluding hydrogens is 856 g/mol. The van der Waals surface area contributed by atoms with E-state index in [0.29, 0.717) is 12.8 Å². The first kappa shape index (κ1) is 58.5. The summed E-state index contributed by atoms with van der Waals surface area (Å²) in [6.07, 6.45) is -14.6. The van der Waals surface area contributed by atoms with Gasteiger partial charge in [0.15, 0.2) is 36.6 Å². The van der Waals surface area contributed by atoms with Crippen molar-refractivity contribution in [2.24, 2.45) is 5.92 Å². The lowest BCUT2D eigenvalue weighted by Gasteiger charge is -2.31. The quantitative estimate of drug-likeness (QED) is 0.0318. The highest BCUT2D eigenvalue weighted by molar-refractivity contribution is 5.83. The van der Waals surface area contributed by atoms with Crippen molar-refractivity contribution >= 4 is 59.4 Å². The molecule has 0 rings (SSSR count). The van der Waals surface area contributed by atoms with Crippen LogP contribution in [0.5, 0.6) is 0 Å². The lowest BCUT2D eigenvalue weighted by molar-refractivity contribution is -0.187. The van der Waals surface area contributed by atoms with E-state index in [9.17, 15) is 68.4 Å². The summed E-state index contributed by atoms with van der Waals surface area (Å²) in [7, 11) is 0. The molecule has 0 fully saturated rings. The highest BCUT2D eigenvalue weighted by Crippen LogP contribution is 2.17. The second-order valence-corrected chi connectivity index (χ2v) is 14.6. The van der Waals surface area contributed by atoms with E-state index in [1.165, 1.54) is 9.80 Å². The topological polar surface area (TPSA) is 338 Å². The first-order valence-electron chi connectivity index (χ1n) is 20.7. The van der Waals surface area contributed by atoms with Gasteiger partial charge in [0, 0.05) is 93.1 Å². The van der Waals surface area contributed by atoms with E-state index in [4.69, 9.17) is 28.4 Å². The van der Waals surface area contributed by atoms with Crippen molar-refractivity contribution in [3.63, 3.8) is 0 Å². The second kappa shape index (κ2) is 30.6. The number of amides is 4. The van der Waals surface area contributed by atoms with Crippen molar-refractivity contribution in [1.82, 2.24) is 20.4 Å². The summed E-state index contributed by atoms with van der Waals surface area (Å²) in [5.74, 6) is -9.05. The van der Waals surface area contributed by atoms with Crippen molar-refractivity contribution in [2.45, 2.75) is 137 Å². The summed E-state index contributed by atoms with van der Waals surface area (Å²) in [6.45, 7) is 9.84. The molecule has 0 bridgehead atoms. The zero-order chi connectivity index (χ0) is 49.3. The SMILES string of the molecule is CCCN(CCNC(=O)C(O)C(OC(C)=O)C(O)C(COC(C)=O)OC(C)=O)C(=O)CC[C@H](C)C(=O)N(CCC)CCNC(=O)C(O)C(OC(C)=O)C(O)C(COC(C)=O)OC(C)=O. The van der Waals surface area contributed by atoms with Crippen LogP contribution in [0.4, 0.5) is 0 Å². The van der Waals surface area contributed by atoms with Gasteiger partial charge in [0.05, 0.1) is 0 Å². The molecule has 366 valence electrons. The van der Waals surface area contributed by atoms with E-state index < -0.39 is 116 Å². The van der Waals surface area contributed by atoms with Crippen LogP contribution in [-0.4, -0.2) is 191 Å². The number of ether oxygens (including phenoxy) is 6. The standard InChI is InChI=1S/C40H66N4O20/c1-10-16-43(18-14-41-38(56)34(54)36(63-27(8)49)32(52)29(61-25(6)47)20-59-23(4)45)31(51)13-12-22(3)40(58)44(17-11-2)19-15-42-39(57)35(55)37(64-28(9)50)33(53)30(62-26(7)48)21-60-24(5)46/h22,29-30,32-37,52-55H,10-21H2,1-9H3,(H,41,56)(H,42,57)/t22-,29?,30?,32?,33?,34?,35?,36?,37?/m0/s1. The zero-order valence-electron chi connectivity index (χ0n) is 37.9. The Morgan fingerprint density at radius 2 is 0.875 bits per heavy atom. The number of aliphatic hydroxyl groups excluding tert-OH is 4. The molecule has 0 saturated carbocycles. The molecule has 24 heteroatoms. The average Bonchev–Trinajstić information content (AvgIpc) is 3.21. The third-order valence-electron chi connectivity index (χ3n) is 8.96. The number of rotatable bonds is 30. The molecule has 0 aromatic heterocycles. The van der Waals surface area contributed by atoms with Crippen LogP contribution in [0.2, 0.25) is 0 Å². The fourth-order valence-electron chi connectivity index (χ4n) is 5.98. The molecule has 8 unspecified atom stereocenters. The molecule has 0 aliphatic rings. The molecule has 9 atom stereocenters. The van der Waals surface area contributed by atoms with Crippen LogP contribution in [0.15, 0.2) is 0 Å². The van der Waals surface area contributed by atoms with E-state index in [-0.39, 0.29) is 63.9 Å². The Balaban J connectivity index is 5.57. The normalized spacial score (nSPS) is 15.1. The van der Waals surface area contributed by atoms with Crippen molar-refractivity contribution in [3.8, 4) is 0 Å². The number of carbonyl (C=O) groups excluding carboxylic acids is 10. The van der Waals surface area contributed by atoms with Crippen molar-refractivity contribution < 1.29 is 96.8 Å². The van der Waals surface area contributed by atoms with Gasteiger partial charge in [0.1, 0.15) is 25.4 Å². The van der Waals surface area contributed by atoms with E-state index in [2.05, 4.69) is 10.6 Å². The molecule has 24 nitrogen and oxygen atoms in total. The first-order valence-corrected chi connectivity index (χ1v) is 20.7. The summed E-state index contributed by atoms with van der Waals surface area (Å²) in [5.41, 5.74) is 0. The molecule has 0 saturated heterocycles. The van der Waals surface area contributed by atoms with E-state index in [0.717, 1.165) is 41.5 Å². The molecule has 0 aromatic rings. The van der Waals surface area contributed by atoms with Gasteiger partial charge in [-0.1, -0.05) is 20.8 Å². The number of esters is 6. The van der Waals surface area contributed by atoms with E-state index >= 15 is 0 Å². The predicted molar refractivity (Wildman–Crippen MR) is 218 cm³/mol. The summed E-state index contributed by atoms with van der Waals surface area (Å²) in [5, 5.41) is 48.0. The van der Waals surface area contributed by atoms with Gasteiger partial charge in [-0.05, 0) is 19.3 Å². The molecule has 0 heterocycles. The van der Waals surface area contributed by atoms with E-state index in [1.807, 2.05) is 6.92 Å². The zero-order valence-corrected chi connectivity index (χ0v) is 37.9. The van der Waals surface area contributed by atoms with Gasteiger partial charge >= 0.3 is 35.8 Å². The van der Waals surface area contributed by atoms with Gasteiger partial charge < -0.3 is 69.3 Å². The van der Waals surface area contributed by atoms with Crippen molar-refractivity contribution in [1.29, 1.82) is 0 Å². The summed E-state index contributed by atoms with van der Waals surface area (Å²) in [4.78, 5) is 125. The summed E-state index contributed by atoms with van der Waals surface area (Å²) < 4.78 is 29.4. The molecule has 0 spiro atoms. The molecule has 6 N–H and O–H groups in total. The molecule has 0 aromatic carbocycles. The first-order chi connectivity index (χ1) is 29.9. The molecular formula is C40H66N4O20. The van der Waals surface area contributed by atoms with Gasteiger partial charge in [0.25, 0.3) is 11.8 Å². The maximum absolute atomic E-state index is 13.5. The van der Waals surface area contributed by atoms with Crippen LogP contribution in [0.1, 0.15) is 88.0 Å². The summed E-state index contributed by atoms with van der Waals surface area (Å²) in [6, 6.07) is 0. The minimum Gasteiger partial charge on any atom is -0.462 e. The molecule has 4 amide bonds. The van der Waals surface area contributed by atoms with Crippen LogP contribution in [0, 0.1) is 5.92 Å². The smallest absolute Gasteiger partial charge is 0.303 e. The summed E-state index contributed by atoms with van der Waals surface area (Å²) >= 11 is 0. The molecule has 64 heavy (non-hydrogen) atoms. The van der Waals surface area contributed by atoms with Gasteiger partial charge in [-0.25, -0.2) is 0 Å². The Kier molecular flexibility index (Phi) is 28.0. The lowest BCUT2D eigenvalue weighted by Crippen LogP contribution is -2.55. The minimum absolute atomic E-state index is 0.0454. The monoisotopic (exact) mass is 922 g/mol. The van der Waals surface area contributed by atoms with Gasteiger partial charge in [0.2, 0.25) is 11.8 Å². The predicted octanol–water partition coefficient (Wildman–Crippen LogP) is -2.59. The van der Waals surface area contributed by atoms with Gasteiger partial charge in [-0.3, -0.25) is 47.9 Å². The fraction of sp³-hybridized carbons (Fsp3) is 0.750. The number of nitrogens with zero attached hydrogens (tertiary/aromatic N) is 2. The molecule has 0 radical (unpaired) electrons. The Morgan fingerprint density at radius 3 is 1.22 bits per heavy atom. The van der Waals surface area contributed by atoms with E-state index in [1.54, 1.807) is 13.8 Å². The number of nitrogens with one attached hydrogen (secondary N) is 2. The maximum atomic E-state index is 13.5. The highest BCUT2D eigenvalue weighted by atomic mass is 16.6. The van der Waals surface area contributed by atoms with Crippen LogP contribution in [0.3, 0.4) is 0 Å². The third-order valence-corrected chi connectivity index (χ3v) is 8.96. The maximum Gasteiger partial charge on any atom is 0.303 e. The largest absolute Gasteiger partial charge is 0.462 e. The third kappa shape index (κ3) is 22.8. The van der Waals surface area contributed by atoms with Gasteiger partial charge in [-0.15, -0.1) is 0 Å². The number of hydrogen-bond acceptors (Lipinski definition) is 20. The van der Waals surface area contributed by atoms with Crippen LogP contribution in [0.25, 0.3) is 0 Å². The van der Waals surface area contributed by atoms with Gasteiger partial charge in [-0.2, -0.15) is 0 Å². The highest BCUT2D eigenvalue weighted by Gasteiger charge is 2.42. The number of aliphatic hydroxyl groups is 4. The minimum atomic E-state index is -2.20. The van der Waals surface area contributed by atoms with Crippen molar-refractivity contribution in [3.05, 3.63) is 0 Å². The Morgan fingerprint density at radius 1 is 0.516 bits per heavy atom. The molecule has 0 aliphatic heterocycles. The lowest BCUT2D eigenvalue weighted by atomic mass is 10.0. The van der Waals surface area contributed by atoms with Crippen molar-refractivity contribution in [2.75, 3.05) is 52.5 Å². The average molecular weight is 923 g/mol. The Labute approximate surface area is 371 Å². The second-order valence-electron chi connectivity index (χ2n) is 14.6. The molecule has 0 aliphatic carbocycles. The Hall–Kier alpha value is -5.46. The van der Waals surface area contributed by atoms with Crippen LogP contribution < -0.4 is 10.6 Å². The van der Waals surface area contributed by atoms with Crippen LogP contribution in [-0.2, 0) is 76.4 Å². The number of carbonyl (C=O) groups is 10. The fourth-order valence-corrected chi connectivity index (χ4v) is 5.98. The van der Waals surface area contributed by atoms with Crippen LogP contribution >= 0.6 is 0 Å². The number of hydrogen-bond donors (Lipinski definition) is 6. The Bertz CT molecular complexity index is 1580.